The molecule has 1 unspecified atom stereocenters. The van der Waals surface area contributed by atoms with Crippen molar-refractivity contribution < 1.29 is 22.7 Å². The zero-order valence-electron chi connectivity index (χ0n) is 21.7. The highest BCUT2D eigenvalue weighted by atomic mass is 35.5. The number of anilines is 2. The quantitative estimate of drug-likeness (QED) is 0.279. The summed E-state index contributed by atoms with van der Waals surface area (Å²) >= 11 is 6.52. The van der Waals surface area contributed by atoms with E-state index in [-0.39, 0.29) is 30.9 Å². The molecule has 204 valence electrons. The predicted octanol–water partition coefficient (Wildman–Crippen LogP) is 4.44. The van der Waals surface area contributed by atoms with Crippen LogP contribution in [0.2, 0.25) is 5.02 Å². The minimum Gasteiger partial charge on any atom is -0.483 e. The number of halogens is 1. The number of ether oxygens (including phenoxy) is 2. The van der Waals surface area contributed by atoms with Crippen LogP contribution in [0.5, 0.6) is 11.5 Å². The second-order valence-electron chi connectivity index (χ2n) is 8.89. The summed E-state index contributed by atoms with van der Waals surface area (Å²) in [4.78, 5) is 26.8. The van der Waals surface area contributed by atoms with Gasteiger partial charge in [0.1, 0.15) is 39.6 Å². The van der Waals surface area contributed by atoms with Crippen molar-refractivity contribution in [1.82, 2.24) is 19.9 Å². The Balaban J connectivity index is 1.50. The van der Waals surface area contributed by atoms with Crippen LogP contribution < -0.4 is 14.8 Å². The van der Waals surface area contributed by atoms with Gasteiger partial charge in [0, 0.05) is 31.7 Å². The number of amides is 1. The third kappa shape index (κ3) is 7.55. The lowest BCUT2D eigenvalue weighted by Crippen LogP contribution is -2.34. The molecule has 0 fully saturated rings. The van der Waals surface area contributed by atoms with E-state index in [1.807, 2.05) is 31.2 Å². The molecule has 39 heavy (non-hydrogen) atoms. The second kappa shape index (κ2) is 12.3. The van der Waals surface area contributed by atoms with Gasteiger partial charge in [0.25, 0.3) is 5.91 Å². The number of carbonyl (C=O) groups is 1. The molecule has 0 aliphatic carbocycles. The van der Waals surface area contributed by atoms with Crippen molar-refractivity contribution in [1.29, 1.82) is 0 Å². The van der Waals surface area contributed by atoms with Gasteiger partial charge in [-0.1, -0.05) is 23.7 Å². The first-order chi connectivity index (χ1) is 18.6. The fraction of sp³-hybridized carbons (Fsp3) is 0.259. The van der Waals surface area contributed by atoms with Crippen LogP contribution in [0.4, 0.5) is 11.5 Å². The number of rotatable bonds is 11. The van der Waals surface area contributed by atoms with E-state index < -0.39 is 9.84 Å². The Morgan fingerprint density at radius 2 is 1.90 bits per heavy atom. The van der Waals surface area contributed by atoms with Crippen LogP contribution in [0.15, 0.2) is 67.1 Å². The average Bonchev–Trinajstić information content (AvgIpc) is 2.92. The average molecular weight is 570 g/mol. The molecule has 1 N–H and O–H groups in total. The molecule has 0 aliphatic rings. The van der Waals surface area contributed by atoms with Gasteiger partial charge in [-0.15, -0.1) is 0 Å². The molecular formula is C27H28ClN5O5S. The maximum Gasteiger partial charge on any atom is 0.260 e. The number of fused-ring (bicyclic) bond motifs is 1. The molecule has 2 heterocycles. The molecule has 12 heteroatoms. The first-order valence-electron chi connectivity index (χ1n) is 12.0. The summed E-state index contributed by atoms with van der Waals surface area (Å²) in [5.74, 6) is 0.885. The molecule has 0 bridgehead atoms. The number of aromatic nitrogens is 3. The number of benzene rings is 2. The minimum absolute atomic E-state index is 0.0770. The van der Waals surface area contributed by atoms with Crippen molar-refractivity contribution in [3.63, 3.8) is 0 Å². The predicted molar refractivity (Wildman–Crippen MR) is 150 cm³/mol. The standard InChI is InChI=1S/C27H28ClN5O5S/c1-18(21-7-4-5-12-29-21)38-23-11-10-19(15-20(23)28)32-27-26-22(30-17-31-27)8-6-9-24(26)37-16-25(34)33(2)13-14-39(3,35)36/h4-12,15,17-18H,13-14,16H2,1-3H3,(H,30,31,32). The summed E-state index contributed by atoms with van der Waals surface area (Å²) in [6, 6.07) is 16.2. The smallest absolute Gasteiger partial charge is 0.260 e. The van der Waals surface area contributed by atoms with Crippen LogP contribution >= 0.6 is 11.6 Å². The Hall–Kier alpha value is -3.96. The highest BCUT2D eigenvalue weighted by molar-refractivity contribution is 7.90. The number of pyridine rings is 1. The minimum atomic E-state index is -3.19. The van der Waals surface area contributed by atoms with Crippen LogP contribution in [-0.2, 0) is 14.6 Å². The molecular weight excluding hydrogens is 542 g/mol. The maximum absolute atomic E-state index is 12.5. The Morgan fingerprint density at radius 3 is 2.62 bits per heavy atom. The number of sulfone groups is 1. The SMILES string of the molecule is CC(Oc1ccc(Nc2ncnc3cccc(OCC(=O)N(C)CCS(C)(=O)=O)c23)cc1Cl)c1ccccn1. The number of hydrogen-bond acceptors (Lipinski definition) is 9. The fourth-order valence-electron chi connectivity index (χ4n) is 3.65. The summed E-state index contributed by atoms with van der Waals surface area (Å²) in [5, 5.41) is 4.22. The Labute approximate surface area is 231 Å². The van der Waals surface area contributed by atoms with Gasteiger partial charge in [-0.05, 0) is 49.4 Å². The molecule has 0 radical (unpaired) electrons. The number of hydrogen-bond donors (Lipinski definition) is 1. The summed E-state index contributed by atoms with van der Waals surface area (Å²) in [6.07, 6.45) is 3.97. The lowest BCUT2D eigenvalue weighted by Gasteiger charge is -2.18. The van der Waals surface area contributed by atoms with Crippen molar-refractivity contribution in [2.24, 2.45) is 0 Å². The summed E-state index contributed by atoms with van der Waals surface area (Å²) in [5.41, 5.74) is 2.05. The van der Waals surface area contributed by atoms with Gasteiger partial charge in [-0.2, -0.15) is 0 Å². The van der Waals surface area contributed by atoms with Crippen LogP contribution in [0.3, 0.4) is 0 Å². The van der Waals surface area contributed by atoms with Gasteiger partial charge in [0.15, 0.2) is 6.61 Å². The topological polar surface area (TPSA) is 124 Å². The van der Waals surface area contributed by atoms with Gasteiger partial charge in [-0.3, -0.25) is 9.78 Å². The van der Waals surface area contributed by atoms with E-state index in [1.54, 1.807) is 36.5 Å². The fourth-order valence-corrected chi connectivity index (χ4v) is 4.48. The second-order valence-corrected chi connectivity index (χ2v) is 11.6. The molecule has 1 amide bonds. The number of nitrogens with one attached hydrogen (secondary N) is 1. The Morgan fingerprint density at radius 1 is 1.08 bits per heavy atom. The molecule has 1 atom stereocenters. The molecule has 2 aromatic carbocycles. The van der Waals surface area contributed by atoms with Crippen molar-refractivity contribution >= 4 is 49.8 Å². The summed E-state index contributed by atoms with van der Waals surface area (Å²) in [7, 11) is -1.66. The summed E-state index contributed by atoms with van der Waals surface area (Å²) < 4.78 is 34.6. The van der Waals surface area contributed by atoms with Crippen LogP contribution in [0, 0.1) is 0 Å². The van der Waals surface area contributed by atoms with Gasteiger partial charge < -0.3 is 19.7 Å². The number of carbonyl (C=O) groups excluding carboxylic acids is 1. The normalized spacial score (nSPS) is 12.1. The zero-order valence-corrected chi connectivity index (χ0v) is 23.2. The first-order valence-corrected chi connectivity index (χ1v) is 14.5. The third-order valence-electron chi connectivity index (χ3n) is 5.80. The van der Waals surface area contributed by atoms with Crippen molar-refractivity contribution in [3.05, 3.63) is 77.8 Å². The van der Waals surface area contributed by atoms with Crippen LogP contribution in [-0.4, -0.2) is 66.4 Å². The molecule has 4 rings (SSSR count). The van der Waals surface area contributed by atoms with Crippen molar-refractivity contribution in [2.75, 3.05) is 37.5 Å². The highest BCUT2D eigenvalue weighted by Crippen LogP contribution is 2.35. The third-order valence-corrected chi connectivity index (χ3v) is 7.02. The molecule has 0 saturated heterocycles. The monoisotopic (exact) mass is 569 g/mol. The van der Waals surface area contributed by atoms with Gasteiger partial charge in [-0.25, -0.2) is 18.4 Å². The van der Waals surface area contributed by atoms with Crippen molar-refractivity contribution in [3.8, 4) is 11.5 Å². The van der Waals surface area contributed by atoms with Crippen LogP contribution in [0.1, 0.15) is 18.7 Å². The van der Waals surface area contributed by atoms with Gasteiger partial charge >= 0.3 is 0 Å². The molecule has 0 saturated carbocycles. The van der Waals surface area contributed by atoms with E-state index in [0.717, 1.165) is 11.9 Å². The van der Waals surface area contributed by atoms with E-state index in [1.165, 1.54) is 18.3 Å². The van der Waals surface area contributed by atoms with E-state index in [9.17, 15) is 13.2 Å². The van der Waals surface area contributed by atoms with E-state index in [2.05, 4.69) is 20.3 Å². The lowest BCUT2D eigenvalue weighted by atomic mass is 10.2. The first kappa shape index (κ1) is 28.1. The van der Waals surface area contributed by atoms with Crippen LogP contribution in [0.25, 0.3) is 10.9 Å². The number of likely N-dealkylation sites (N-methyl/N-ethyl adjacent to an activating group) is 1. The van der Waals surface area contributed by atoms with Crippen molar-refractivity contribution in [2.45, 2.75) is 13.0 Å². The Kier molecular flexibility index (Phi) is 8.82. The molecule has 2 aromatic heterocycles. The van der Waals surface area contributed by atoms with E-state index >= 15 is 0 Å². The van der Waals surface area contributed by atoms with E-state index in [0.29, 0.717) is 38.9 Å². The van der Waals surface area contributed by atoms with E-state index in [4.69, 9.17) is 21.1 Å². The summed E-state index contributed by atoms with van der Waals surface area (Å²) in [6.45, 7) is 1.70. The molecule has 0 aliphatic heterocycles. The molecule has 0 spiro atoms. The largest absolute Gasteiger partial charge is 0.483 e. The Bertz CT molecular complexity index is 1560. The maximum atomic E-state index is 12.5. The number of nitrogens with zero attached hydrogens (tertiary/aromatic N) is 4. The van der Waals surface area contributed by atoms with Gasteiger partial charge in [0.2, 0.25) is 0 Å². The zero-order chi connectivity index (χ0) is 28.0. The molecule has 10 nitrogen and oxygen atoms in total. The van der Waals surface area contributed by atoms with Gasteiger partial charge in [0.05, 0.1) is 27.4 Å². The lowest BCUT2D eigenvalue weighted by molar-refractivity contribution is -0.131. The highest BCUT2D eigenvalue weighted by Gasteiger charge is 2.16. The molecule has 4 aromatic rings.